The first-order chi connectivity index (χ1) is 12.6. The molecular formula is C22H27NO3. The molecule has 1 aliphatic heterocycles. The highest BCUT2D eigenvalue weighted by molar-refractivity contribution is 5.96. The fourth-order valence-corrected chi connectivity index (χ4v) is 3.55. The van der Waals surface area contributed by atoms with Crippen LogP contribution in [0.4, 0.5) is 0 Å². The second-order valence-electron chi connectivity index (χ2n) is 7.06. The summed E-state index contributed by atoms with van der Waals surface area (Å²) < 4.78 is 5.73. The molecule has 0 spiro atoms. The first-order valence-corrected chi connectivity index (χ1v) is 9.35. The van der Waals surface area contributed by atoms with E-state index in [1.165, 1.54) is 37.8 Å². The molecule has 0 saturated carbocycles. The van der Waals surface area contributed by atoms with Crippen LogP contribution in [-0.2, 0) is 6.42 Å². The normalized spacial score (nSPS) is 15.7. The molecule has 0 aliphatic carbocycles. The molecule has 4 heteroatoms. The Labute approximate surface area is 155 Å². The third-order valence-electron chi connectivity index (χ3n) is 5.10. The number of phenols is 1. The Morgan fingerprint density at radius 2 is 1.88 bits per heavy atom. The Hall–Kier alpha value is -2.33. The molecule has 26 heavy (non-hydrogen) atoms. The molecular weight excluding hydrogens is 326 g/mol. The molecule has 3 rings (SSSR count). The zero-order valence-electron chi connectivity index (χ0n) is 15.4. The van der Waals surface area contributed by atoms with Crippen molar-refractivity contribution in [2.24, 2.45) is 5.92 Å². The minimum Gasteiger partial charge on any atom is -0.507 e. The number of nitrogens with zero attached hydrogens (tertiary/aromatic N) is 1. The lowest BCUT2D eigenvalue weighted by Gasteiger charge is -2.31. The minimum atomic E-state index is -0.146. The van der Waals surface area contributed by atoms with Gasteiger partial charge in [-0.25, -0.2) is 0 Å². The lowest BCUT2D eigenvalue weighted by atomic mass is 9.90. The minimum absolute atomic E-state index is 0.0169. The average molecular weight is 353 g/mol. The predicted octanol–water partition coefficient (Wildman–Crippen LogP) is 3.93. The van der Waals surface area contributed by atoms with Gasteiger partial charge in [-0.05, 0) is 62.9 Å². The van der Waals surface area contributed by atoms with E-state index in [2.05, 4.69) is 35.2 Å². The lowest BCUT2D eigenvalue weighted by Crippen LogP contribution is -2.37. The summed E-state index contributed by atoms with van der Waals surface area (Å²) in [6.07, 6.45) is 3.62. The van der Waals surface area contributed by atoms with Gasteiger partial charge < -0.3 is 9.84 Å². The van der Waals surface area contributed by atoms with E-state index in [0.29, 0.717) is 17.9 Å². The molecule has 0 atom stereocenters. The van der Waals surface area contributed by atoms with E-state index < -0.39 is 0 Å². The molecule has 0 radical (unpaired) electrons. The van der Waals surface area contributed by atoms with Crippen LogP contribution >= 0.6 is 0 Å². The van der Waals surface area contributed by atoms with Crippen molar-refractivity contribution in [3.05, 3.63) is 59.7 Å². The highest BCUT2D eigenvalue weighted by atomic mass is 16.5. The Bertz CT molecular complexity index is 721. The summed E-state index contributed by atoms with van der Waals surface area (Å²) in [5.74, 6) is 1.21. The van der Waals surface area contributed by atoms with Gasteiger partial charge in [0.2, 0.25) is 0 Å². The van der Waals surface area contributed by atoms with Crippen molar-refractivity contribution >= 4 is 5.78 Å². The van der Waals surface area contributed by atoms with Crippen LogP contribution in [-0.4, -0.2) is 42.0 Å². The number of ether oxygens (including phenoxy) is 1. The lowest BCUT2D eigenvalue weighted by molar-refractivity contribution is 0.101. The maximum atomic E-state index is 11.3. The third kappa shape index (κ3) is 5.09. The monoisotopic (exact) mass is 353 g/mol. The van der Waals surface area contributed by atoms with Crippen molar-refractivity contribution in [1.29, 1.82) is 0 Å². The number of hydrogen-bond acceptors (Lipinski definition) is 4. The van der Waals surface area contributed by atoms with E-state index in [0.717, 1.165) is 25.6 Å². The Morgan fingerprint density at radius 3 is 2.54 bits per heavy atom. The van der Waals surface area contributed by atoms with Gasteiger partial charge in [0.05, 0.1) is 5.56 Å². The molecule has 0 bridgehead atoms. The maximum absolute atomic E-state index is 11.3. The summed E-state index contributed by atoms with van der Waals surface area (Å²) in [4.78, 5) is 13.8. The number of aromatic hydroxyl groups is 1. The van der Waals surface area contributed by atoms with Crippen molar-refractivity contribution in [3.8, 4) is 11.5 Å². The van der Waals surface area contributed by atoms with Gasteiger partial charge in [-0.15, -0.1) is 0 Å². The molecule has 0 amide bonds. The van der Waals surface area contributed by atoms with E-state index in [1.807, 2.05) is 0 Å². The summed E-state index contributed by atoms with van der Waals surface area (Å²) in [5.41, 5.74) is 1.76. The molecule has 1 aliphatic rings. The van der Waals surface area contributed by atoms with E-state index in [1.54, 1.807) is 12.1 Å². The molecule has 4 nitrogen and oxygen atoms in total. The van der Waals surface area contributed by atoms with E-state index in [9.17, 15) is 9.90 Å². The molecule has 1 fully saturated rings. The SMILES string of the molecule is CC(=O)c1ccc(OCCN2CCC(Cc3ccccc3)CC2)cc1O. The molecule has 2 aromatic carbocycles. The molecule has 138 valence electrons. The standard InChI is InChI=1S/C22H27NO3/c1-17(24)21-8-7-20(16-22(21)25)26-14-13-23-11-9-19(10-12-23)15-18-5-3-2-4-6-18/h2-8,16,19,25H,9-15H2,1H3. The topological polar surface area (TPSA) is 49.8 Å². The molecule has 1 N–H and O–H groups in total. The van der Waals surface area contributed by atoms with Gasteiger partial charge in [0.15, 0.2) is 5.78 Å². The molecule has 1 heterocycles. The number of benzene rings is 2. The number of ketones is 1. The molecule has 2 aromatic rings. The average Bonchev–Trinajstić information content (AvgIpc) is 2.64. The van der Waals surface area contributed by atoms with Gasteiger partial charge in [0.25, 0.3) is 0 Å². The van der Waals surface area contributed by atoms with Crippen molar-refractivity contribution < 1.29 is 14.6 Å². The maximum Gasteiger partial charge on any atom is 0.163 e. The van der Waals surface area contributed by atoms with E-state index in [4.69, 9.17) is 4.74 Å². The van der Waals surface area contributed by atoms with Crippen LogP contribution in [0.5, 0.6) is 11.5 Å². The van der Waals surface area contributed by atoms with Gasteiger partial charge in [-0.1, -0.05) is 30.3 Å². The largest absolute Gasteiger partial charge is 0.507 e. The summed E-state index contributed by atoms with van der Waals surface area (Å²) in [7, 11) is 0. The Kier molecular flexibility index (Phi) is 6.29. The van der Waals surface area contributed by atoms with Crippen molar-refractivity contribution in [1.82, 2.24) is 4.90 Å². The second kappa shape index (κ2) is 8.86. The smallest absolute Gasteiger partial charge is 0.163 e. The quantitative estimate of drug-likeness (QED) is 0.766. The molecule has 0 aromatic heterocycles. The Balaban J connectivity index is 1.39. The summed E-state index contributed by atoms with van der Waals surface area (Å²) in [6, 6.07) is 15.6. The van der Waals surface area contributed by atoms with Crippen molar-refractivity contribution in [2.45, 2.75) is 26.2 Å². The number of piperidine rings is 1. The number of phenolic OH excluding ortho intramolecular Hbond substituents is 1. The van der Waals surface area contributed by atoms with Crippen LogP contribution in [0.3, 0.4) is 0 Å². The highest BCUT2D eigenvalue weighted by Gasteiger charge is 2.19. The number of rotatable bonds is 7. The fraction of sp³-hybridized carbons (Fsp3) is 0.409. The predicted molar refractivity (Wildman–Crippen MR) is 103 cm³/mol. The van der Waals surface area contributed by atoms with Crippen LogP contribution in [0.15, 0.2) is 48.5 Å². The van der Waals surface area contributed by atoms with Crippen LogP contribution in [0.2, 0.25) is 0 Å². The summed E-state index contributed by atoms with van der Waals surface area (Å²) in [5, 5.41) is 9.85. The Morgan fingerprint density at radius 1 is 1.15 bits per heavy atom. The highest BCUT2D eigenvalue weighted by Crippen LogP contribution is 2.24. The third-order valence-corrected chi connectivity index (χ3v) is 5.10. The first kappa shape index (κ1) is 18.5. The second-order valence-corrected chi connectivity index (χ2v) is 7.06. The van der Waals surface area contributed by atoms with Gasteiger partial charge >= 0.3 is 0 Å². The zero-order valence-corrected chi connectivity index (χ0v) is 15.4. The summed E-state index contributed by atoms with van der Waals surface area (Å²) in [6.45, 7) is 5.12. The van der Waals surface area contributed by atoms with Crippen molar-refractivity contribution in [2.75, 3.05) is 26.2 Å². The van der Waals surface area contributed by atoms with Crippen molar-refractivity contribution in [3.63, 3.8) is 0 Å². The number of Topliss-reactive ketones (excluding diaryl/α,β-unsaturated/α-hetero) is 1. The number of carbonyl (C=O) groups excluding carboxylic acids is 1. The van der Waals surface area contributed by atoms with Crippen LogP contribution < -0.4 is 4.74 Å². The van der Waals surface area contributed by atoms with Gasteiger partial charge in [-0.2, -0.15) is 0 Å². The van der Waals surface area contributed by atoms with Gasteiger partial charge in [0.1, 0.15) is 18.1 Å². The van der Waals surface area contributed by atoms with E-state index in [-0.39, 0.29) is 11.5 Å². The van der Waals surface area contributed by atoms with Crippen LogP contribution in [0.1, 0.15) is 35.7 Å². The first-order valence-electron chi connectivity index (χ1n) is 9.35. The number of carbonyl (C=O) groups is 1. The molecule has 0 unspecified atom stereocenters. The van der Waals surface area contributed by atoms with Crippen LogP contribution in [0, 0.1) is 5.92 Å². The van der Waals surface area contributed by atoms with Gasteiger partial charge in [-0.3, -0.25) is 9.69 Å². The number of hydrogen-bond donors (Lipinski definition) is 1. The number of likely N-dealkylation sites (tertiary alicyclic amines) is 1. The van der Waals surface area contributed by atoms with E-state index >= 15 is 0 Å². The summed E-state index contributed by atoms with van der Waals surface area (Å²) >= 11 is 0. The fourth-order valence-electron chi connectivity index (χ4n) is 3.55. The zero-order chi connectivity index (χ0) is 18.4. The molecule has 1 saturated heterocycles. The van der Waals surface area contributed by atoms with Gasteiger partial charge in [0, 0.05) is 12.6 Å². The van der Waals surface area contributed by atoms with Crippen LogP contribution in [0.25, 0.3) is 0 Å².